The van der Waals surface area contributed by atoms with Crippen LogP contribution in [0, 0.1) is 0 Å². The lowest BCUT2D eigenvalue weighted by molar-refractivity contribution is 0.102. The normalized spacial score (nSPS) is 10.6. The molecule has 6 heteroatoms. The summed E-state index contributed by atoms with van der Waals surface area (Å²) in [6.45, 7) is 0. The first-order valence-electron chi connectivity index (χ1n) is 8.07. The van der Waals surface area contributed by atoms with Crippen LogP contribution in [0.1, 0.15) is 10.4 Å². The van der Waals surface area contributed by atoms with Crippen LogP contribution < -0.4 is 16.4 Å². The molecule has 1 amide bonds. The molecule has 128 valence electrons. The van der Waals surface area contributed by atoms with E-state index in [0.717, 1.165) is 21.6 Å². The number of anilines is 4. The third-order valence-electron chi connectivity index (χ3n) is 3.88. The van der Waals surface area contributed by atoms with E-state index in [9.17, 15) is 4.79 Å². The molecule has 5 nitrogen and oxygen atoms in total. The largest absolute Gasteiger partial charge is 0.399 e. The monoisotopic (exact) mass is 360 g/mol. The van der Waals surface area contributed by atoms with Gasteiger partial charge in [0.2, 0.25) is 0 Å². The van der Waals surface area contributed by atoms with Crippen LogP contribution in [0.25, 0.3) is 10.2 Å². The second kappa shape index (κ2) is 6.85. The Morgan fingerprint density at radius 2 is 1.65 bits per heavy atom. The summed E-state index contributed by atoms with van der Waals surface area (Å²) in [5.74, 6) is -0.206. The number of aromatic nitrogens is 1. The molecule has 3 aromatic carbocycles. The lowest BCUT2D eigenvalue weighted by Gasteiger charge is -2.11. The Balaban J connectivity index is 1.58. The maximum atomic E-state index is 12.8. The van der Waals surface area contributed by atoms with E-state index in [2.05, 4.69) is 15.6 Å². The molecule has 0 radical (unpaired) electrons. The number of amides is 1. The van der Waals surface area contributed by atoms with Crippen molar-refractivity contribution in [3.05, 3.63) is 78.4 Å². The van der Waals surface area contributed by atoms with Crippen molar-refractivity contribution in [2.24, 2.45) is 0 Å². The molecule has 0 atom stereocenters. The van der Waals surface area contributed by atoms with Gasteiger partial charge >= 0.3 is 0 Å². The number of hydrogen-bond donors (Lipinski definition) is 3. The maximum Gasteiger partial charge on any atom is 0.259 e. The molecule has 0 aliphatic rings. The molecular formula is C20H16N4OS. The summed E-state index contributed by atoms with van der Waals surface area (Å²) in [7, 11) is 0. The van der Waals surface area contributed by atoms with Crippen molar-refractivity contribution in [3.63, 3.8) is 0 Å². The van der Waals surface area contributed by atoms with Crippen molar-refractivity contribution < 1.29 is 4.79 Å². The second-order valence-electron chi connectivity index (χ2n) is 5.73. The highest BCUT2D eigenvalue weighted by Crippen LogP contribution is 2.27. The van der Waals surface area contributed by atoms with Gasteiger partial charge in [-0.2, -0.15) is 0 Å². The Kier molecular flexibility index (Phi) is 4.25. The first-order chi connectivity index (χ1) is 12.7. The van der Waals surface area contributed by atoms with Gasteiger partial charge in [-0.25, -0.2) is 4.98 Å². The zero-order chi connectivity index (χ0) is 17.9. The summed E-state index contributed by atoms with van der Waals surface area (Å²) in [5.41, 5.74) is 9.41. The van der Waals surface area contributed by atoms with Gasteiger partial charge in [0, 0.05) is 11.4 Å². The Bertz CT molecular complexity index is 1040. The van der Waals surface area contributed by atoms with Gasteiger partial charge in [-0.1, -0.05) is 35.6 Å². The molecule has 26 heavy (non-hydrogen) atoms. The van der Waals surface area contributed by atoms with Crippen LogP contribution in [0.15, 0.2) is 72.8 Å². The molecule has 4 rings (SSSR count). The van der Waals surface area contributed by atoms with Gasteiger partial charge < -0.3 is 11.1 Å². The molecule has 0 saturated carbocycles. The second-order valence-corrected chi connectivity index (χ2v) is 6.76. The molecule has 4 aromatic rings. The number of nitrogens with zero attached hydrogens (tertiary/aromatic N) is 1. The maximum absolute atomic E-state index is 12.8. The average Bonchev–Trinajstić information content (AvgIpc) is 3.06. The third kappa shape index (κ3) is 3.36. The number of rotatable bonds is 4. The van der Waals surface area contributed by atoms with E-state index in [1.165, 1.54) is 11.3 Å². The van der Waals surface area contributed by atoms with Crippen LogP contribution >= 0.6 is 11.3 Å². The number of thiazole rings is 1. The van der Waals surface area contributed by atoms with Crippen molar-refractivity contribution in [2.75, 3.05) is 16.4 Å². The molecular weight excluding hydrogens is 344 g/mol. The minimum atomic E-state index is -0.206. The van der Waals surface area contributed by atoms with Gasteiger partial charge in [0.1, 0.15) is 0 Å². The molecule has 1 heterocycles. The zero-order valence-corrected chi connectivity index (χ0v) is 14.6. The van der Waals surface area contributed by atoms with Crippen LogP contribution in [0.2, 0.25) is 0 Å². The van der Waals surface area contributed by atoms with Crippen LogP contribution in [0.3, 0.4) is 0 Å². The van der Waals surface area contributed by atoms with Crippen molar-refractivity contribution >= 4 is 49.7 Å². The Morgan fingerprint density at radius 3 is 2.46 bits per heavy atom. The van der Waals surface area contributed by atoms with Gasteiger partial charge in [0.25, 0.3) is 5.91 Å². The summed E-state index contributed by atoms with van der Waals surface area (Å²) in [6.07, 6.45) is 0. The summed E-state index contributed by atoms with van der Waals surface area (Å²) in [4.78, 5) is 17.2. The molecule has 4 N–H and O–H groups in total. The number of para-hydroxylation sites is 2. The average molecular weight is 360 g/mol. The fourth-order valence-corrected chi connectivity index (χ4v) is 3.46. The Morgan fingerprint density at radius 1 is 0.923 bits per heavy atom. The quantitative estimate of drug-likeness (QED) is 0.453. The fourth-order valence-electron chi connectivity index (χ4n) is 2.60. The lowest BCUT2D eigenvalue weighted by atomic mass is 10.1. The van der Waals surface area contributed by atoms with Gasteiger partial charge in [0.05, 0.1) is 21.5 Å². The Hall–Kier alpha value is -3.38. The van der Waals surface area contributed by atoms with Gasteiger partial charge in [-0.3, -0.25) is 10.1 Å². The summed E-state index contributed by atoms with van der Waals surface area (Å²) in [6, 6.07) is 22.5. The number of nitrogens with two attached hydrogens (primary N) is 1. The van der Waals surface area contributed by atoms with E-state index in [1.807, 2.05) is 66.7 Å². The smallest absolute Gasteiger partial charge is 0.259 e. The van der Waals surface area contributed by atoms with Crippen molar-refractivity contribution in [3.8, 4) is 0 Å². The van der Waals surface area contributed by atoms with E-state index in [4.69, 9.17) is 5.73 Å². The third-order valence-corrected chi connectivity index (χ3v) is 4.83. The van der Waals surface area contributed by atoms with Crippen molar-refractivity contribution in [1.82, 2.24) is 4.98 Å². The summed E-state index contributed by atoms with van der Waals surface area (Å²) in [5, 5.41) is 6.73. The lowest BCUT2D eigenvalue weighted by Crippen LogP contribution is -2.13. The number of carbonyl (C=O) groups excluding carboxylic acids is 1. The number of benzene rings is 3. The van der Waals surface area contributed by atoms with Gasteiger partial charge in [-0.05, 0) is 48.5 Å². The van der Waals surface area contributed by atoms with E-state index >= 15 is 0 Å². The number of nitrogen functional groups attached to an aromatic ring is 1. The summed E-state index contributed by atoms with van der Waals surface area (Å²) >= 11 is 1.45. The minimum Gasteiger partial charge on any atom is -0.399 e. The van der Waals surface area contributed by atoms with E-state index in [-0.39, 0.29) is 5.91 Å². The highest BCUT2D eigenvalue weighted by Gasteiger charge is 2.13. The van der Waals surface area contributed by atoms with Crippen molar-refractivity contribution in [2.45, 2.75) is 0 Å². The molecule has 0 fully saturated rings. The van der Waals surface area contributed by atoms with Gasteiger partial charge in [0.15, 0.2) is 5.13 Å². The highest BCUT2D eigenvalue weighted by molar-refractivity contribution is 7.22. The van der Waals surface area contributed by atoms with Crippen molar-refractivity contribution in [1.29, 1.82) is 0 Å². The fraction of sp³-hybridized carbons (Fsp3) is 0. The molecule has 0 spiro atoms. The predicted octanol–water partition coefficient (Wildman–Crippen LogP) is 4.87. The van der Waals surface area contributed by atoms with E-state index < -0.39 is 0 Å². The number of fused-ring (bicyclic) bond motifs is 1. The first-order valence-corrected chi connectivity index (χ1v) is 8.89. The topological polar surface area (TPSA) is 80.0 Å². The van der Waals surface area contributed by atoms with Gasteiger partial charge in [-0.15, -0.1) is 0 Å². The van der Waals surface area contributed by atoms with Crippen LogP contribution in [-0.2, 0) is 0 Å². The molecule has 0 saturated heterocycles. The molecule has 1 aromatic heterocycles. The predicted molar refractivity (Wildman–Crippen MR) is 108 cm³/mol. The van der Waals surface area contributed by atoms with Crippen LogP contribution in [-0.4, -0.2) is 10.9 Å². The molecule has 0 aliphatic heterocycles. The Labute approximate surface area is 154 Å². The summed E-state index contributed by atoms with van der Waals surface area (Å²) < 4.78 is 1.04. The SMILES string of the molecule is Nc1ccc(Nc2ccccc2C(=O)Nc2nc3ccccc3s2)cc1. The highest BCUT2D eigenvalue weighted by atomic mass is 32.1. The first kappa shape index (κ1) is 16.1. The molecule has 0 bridgehead atoms. The number of nitrogens with one attached hydrogen (secondary N) is 2. The minimum absolute atomic E-state index is 0.206. The standard InChI is InChI=1S/C20H16N4OS/c21-13-9-11-14(12-10-13)22-16-6-2-1-5-15(16)19(25)24-20-23-17-7-3-4-8-18(17)26-20/h1-12,22H,21H2,(H,23,24,25). The van der Waals surface area contributed by atoms with Crippen LogP contribution in [0.5, 0.6) is 0 Å². The molecule has 0 aliphatic carbocycles. The number of hydrogen-bond acceptors (Lipinski definition) is 5. The van der Waals surface area contributed by atoms with E-state index in [0.29, 0.717) is 16.4 Å². The number of carbonyl (C=O) groups is 1. The van der Waals surface area contributed by atoms with Crippen LogP contribution in [0.4, 0.5) is 22.2 Å². The zero-order valence-electron chi connectivity index (χ0n) is 13.8. The van der Waals surface area contributed by atoms with E-state index in [1.54, 1.807) is 6.07 Å². The molecule has 0 unspecified atom stereocenters.